The highest BCUT2D eigenvalue weighted by Crippen LogP contribution is 2.28. The number of halogens is 2. The van der Waals surface area contributed by atoms with Crippen molar-refractivity contribution in [1.82, 2.24) is 5.32 Å². The SMILES string of the molecule is Cc1cc(C2CCCNC2)cc(Cl)c1F. The third kappa shape index (κ3) is 2.32. The van der Waals surface area contributed by atoms with Crippen molar-refractivity contribution in [3.05, 3.63) is 34.1 Å². The molecule has 82 valence electrons. The standard InChI is InChI=1S/C12H15ClFN/c1-8-5-10(6-11(13)12(8)14)9-3-2-4-15-7-9/h5-6,9,15H,2-4,7H2,1H3. The topological polar surface area (TPSA) is 12.0 Å². The van der Waals surface area contributed by atoms with E-state index in [1.54, 1.807) is 13.0 Å². The predicted molar refractivity (Wildman–Crippen MR) is 61.0 cm³/mol. The summed E-state index contributed by atoms with van der Waals surface area (Å²) in [5, 5.41) is 3.60. The molecule has 3 heteroatoms. The summed E-state index contributed by atoms with van der Waals surface area (Å²) >= 11 is 5.84. The number of aryl methyl sites for hydroxylation is 1. The molecule has 0 spiro atoms. The van der Waals surface area contributed by atoms with Gasteiger partial charge >= 0.3 is 0 Å². The molecule has 1 nitrogen and oxygen atoms in total. The van der Waals surface area contributed by atoms with Crippen molar-refractivity contribution in [2.24, 2.45) is 0 Å². The van der Waals surface area contributed by atoms with Crippen molar-refractivity contribution in [2.45, 2.75) is 25.7 Å². The smallest absolute Gasteiger partial charge is 0.144 e. The van der Waals surface area contributed by atoms with Crippen molar-refractivity contribution in [3.8, 4) is 0 Å². The molecule has 1 aliphatic heterocycles. The molecule has 1 atom stereocenters. The predicted octanol–water partition coefficient (Wildman–Crippen LogP) is 3.25. The van der Waals surface area contributed by atoms with Crippen molar-refractivity contribution in [2.75, 3.05) is 13.1 Å². The second-order valence-corrected chi connectivity index (χ2v) is 4.58. The summed E-state index contributed by atoms with van der Waals surface area (Å²) in [7, 11) is 0. The van der Waals surface area contributed by atoms with Crippen LogP contribution in [0.3, 0.4) is 0 Å². The second-order valence-electron chi connectivity index (χ2n) is 4.18. The van der Waals surface area contributed by atoms with Gasteiger partial charge in [-0.2, -0.15) is 0 Å². The first-order chi connectivity index (χ1) is 7.18. The van der Waals surface area contributed by atoms with E-state index in [1.165, 1.54) is 6.42 Å². The number of benzene rings is 1. The zero-order valence-corrected chi connectivity index (χ0v) is 9.57. The van der Waals surface area contributed by atoms with Gasteiger partial charge in [-0.3, -0.25) is 0 Å². The van der Waals surface area contributed by atoms with E-state index in [4.69, 9.17) is 11.6 Å². The highest BCUT2D eigenvalue weighted by Gasteiger charge is 2.17. The summed E-state index contributed by atoms with van der Waals surface area (Å²) in [4.78, 5) is 0. The van der Waals surface area contributed by atoms with E-state index in [0.717, 1.165) is 25.1 Å². The summed E-state index contributed by atoms with van der Waals surface area (Å²) in [6, 6.07) is 3.68. The zero-order chi connectivity index (χ0) is 10.8. The maximum Gasteiger partial charge on any atom is 0.144 e. The minimum Gasteiger partial charge on any atom is -0.316 e. The lowest BCUT2D eigenvalue weighted by Crippen LogP contribution is -2.28. The van der Waals surface area contributed by atoms with E-state index in [1.807, 2.05) is 6.07 Å². The number of hydrogen-bond donors (Lipinski definition) is 1. The fraction of sp³-hybridized carbons (Fsp3) is 0.500. The van der Waals surface area contributed by atoms with Crippen LogP contribution in [0.25, 0.3) is 0 Å². The lowest BCUT2D eigenvalue weighted by molar-refractivity contribution is 0.461. The van der Waals surface area contributed by atoms with Crippen molar-refractivity contribution in [1.29, 1.82) is 0 Å². The minimum absolute atomic E-state index is 0.246. The average molecular weight is 228 g/mol. The Labute approximate surface area is 94.6 Å². The van der Waals surface area contributed by atoms with Gasteiger partial charge in [0.15, 0.2) is 0 Å². The highest BCUT2D eigenvalue weighted by atomic mass is 35.5. The molecule has 0 amide bonds. The van der Waals surface area contributed by atoms with Crippen LogP contribution in [-0.4, -0.2) is 13.1 Å². The average Bonchev–Trinajstić information content (AvgIpc) is 2.26. The molecular weight excluding hydrogens is 213 g/mol. The molecule has 0 bridgehead atoms. The first-order valence-electron chi connectivity index (χ1n) is 5.34. The number of rotatable bonds is 1. The van der Waals surface area contributed by atoms with Gasteiger partial charge in [0.05, 0.1) is 5.02 Å². The molecule has 15 heavy (non-hydrogen) atoms. The molecule has 1 fully saturated rings. The van der Waals surface area contributed by atoms with Crippen LogP contribution < -0.4 is 5.32 Å². The molecule has 1 aliphatic rings. The maximum absolute atomic E-state index is 13.3. The Hall–Kier alpha value is -0.600. The summed E-state index contributed by atoms with van der Waals surface area (Å²) < 4.78 is 13.3. The third-order valence-corrected chi connectivity index (χ3v) is 3.28. The van der Waals surface area contributed by atoms with Crippen LogP contribution in [0.2, 0.25) is 5.02 Å². The zero-order valence-electron chi connectivity index (χ0n) is 8.82. The van der Waals surface area contributed by atoms with Crippen LogP contribution in [0.4, 0.5) is 4.39 Å². The van der Waals surface area contributed by atoms with Crippen LogP contribution in [0.15, 0.2) is 12.1 Å². The third-order valence-electron chi connectivity index (χ3n) is 3.00. The second kappa shape index (κ2) is 4.50. The quantitative estimate of drug-likeness (QED) is 0.777. The summed E-state index contributed by atoms with van der Waals surface area (Å²) in [6.45, 7) is 3.83. The van der Waals surface area contributed by atoms with Crippen LogP contribution >= 0.6 is 11.6 Å². The summed E-state index contributed by atoms with van der Waals surface area (Å²) in [5.41, 5.74) is 1.80. The van der Waals surface area contributed by atoms with Crippen molar-refractivity contribution in [3.63, 3.8) is 0 Å². The number of hydrogen-bond acceptors (Lipinski definition) is 1. The molecule has 0 aliphatic carbocycles. The molecule has 0 aromatic heterocycles. The molecule has 1 aromatic carbocycles. The molecule has 1 heterocycles. The monoisotopic (exact) mass is 227 g/mol. The van der Waals surface area contributed by atoms with Gasteiger partial charge in [-0.05, 0) is 49.4 Å². The van der Waals surface area contributed by atoms with Crippen LogP contribution in [-0.2, 0) is 0 Å². The highest BCUT2D eigenvalue weighted by molar-refractivity contribution is 6.30. The molecule has 1 aromatic rings. The van der Waals surface area contributed by atoms with Crippen LogP contribution in [0.5, 0.6) is 0 Å². The molecule has 2 rings (SSSR count). The fourth-order valence-electron chi connectivity index (χ4n) is 2.13. The fourth-order valence-corrected chi connectivity index (χ4v) is 2.40. The largest absolute Gasteiger partial charge is 0.316 e. The van der Waals surface area contributed by atoms with E-state index in [9.17, 15) is 4.39 Å². The van der Waals surface area contributed by atoms with Gasteiger partial charge in [0, 0.05) is 6.54 Å². The van der Waals surface area contributed by atoms with Gasteiger partial charge in [-0.1, -0.05) is 17.7 Å². The first-order valence-corrected chi connectivity index (χ1v) is 5.72. The Morgan fingerprint density at radius 2 is 2.27 bits per heavy atom. The van der Waals surface area contributed by atoms with E-state index < -0.39 is 0 Å². The molecule has 1 saturated heterocycles. The number of piperidine rings is 1. The van der Waals surface area contributed by atoms with E-state index in [2.05, 4.69) is 5.32 Å². The lowest BCUT2D eigenvalue weighted by Gasteiger charge is -2.23. The van der Waals surface area contributed by atoms with E-state index >= 15 is 0 Å². The van der Waals surface area contributed by atoms with Crippen LogP contribution in [0.1, 0.15) is 29.9 Å². The summed E-state index contributed by atoms with van der Waals surface area (Å²) in [6.07, 6.45) is 2.34. The Morgan fingerprint density at radius 3 is 2.87 bits per heavy atom. The Balaban J connectivity index is 2.27. The van der Waals surface area contributed by atoms with Crippen molar-refractivity contribution < 1.29 is 4.39 Å². The van der Waals surface area contributed by atoms with Gasteiger partial charge in [0.25, 0.3) is 0 Å². The minimum atomic E-state index is -0.288. The van der Waals surface area contributed by atoms with E-state index in [-0.39, 0.29) is 10.8 Å². The molecule has 0 radical (unpaired) electrons. The Kier molecular flexibility index (Phi) is 3.27. The van der Waals surface area contributed by atoms with Crippen molar-refractivity contribution >= 4 is 11.6 Å². The van der Waals surface area contributed by atoms with E-state index in [0.29, 0.717) is 11.5 Å². The number of nitrogens with one attached hydrogen (secondary N) is 1. The Morgan fingerprint density at radius 1 is 1.47 bits per heavy atom. The normalized spacial score (nSPS) is 21.7. The maximum atomic E-state index is 13.3. The summed E-state index contributed by atoms with van der Waals surface area (Å²) in [5.74, 6) is 0.194. The van der Waals surface area contributed by atoms with Gasteiger partial charge in [0.1, 0.15) is 5.82 Å². The van der Waals surface area contributed by atoms with Gasteiger partial charge in [-0.25, -0.2) is 4.39 Å². The van der Waals surface area contributed by atoms with Gasteiger partial charge < -0.3 is 5.32 Å². The lowest BCUT2D eigenvalue weighted by atomic mass is 9.91. The molecule has 0 saturated carbocycles. The molecule has 1 N–H and O–H groups in total. The van der Waals surface area contributed by atoms with Gasteiger partial charge in [-0.15, -0.1) is 0 Å². The molecule has 1 unspecified atom stereocenters. The van der Waals surface area contributed by atoms with Crippen LogP contribution in [0, 0.1) is 12.7 Å². The Bertz CT molecular complexity index is 336. The van der Waals surface area contributed by atoms with Gasteiger partial charge in [0.2, 0.25) is 0 Å². The molecular formula is C12H15ClFN. The first kappa shape index (κ1) is 10.9.